The Morgan fingerprint density at radius 2 is 1.89 bits per heavy atom. The van der Waals surface area contributed by atoms with Gasteiger partial charge in [-0.15, -0.1) is 0 Å². The van der Waals surface area contributed by atoms with Crippen LogP contribution in [0.5, 0.6) is 0 Å². The van der Waals surface area contributed by atoms with E-state index in [2.05, 4.69) is 19.6 Å². The number of rotatable bonds is 5. The number of benzene rings is 1. The number of aryl methyl sites for hydroxylation is 1. The molecule has 2 atom stereocenters. The fourth-order valence-corrected chi connectivity index (χ4v) is 6.78. The normalized spacial score (nSPS) is 23.4. The minimum Gasteiger partial charge on any atom is -0.212 e. The molecule has 1 aromatic carbocycles. The van der Waals surface area contributed by atoms with Crippen molar-refractivity contribution in [2.75, 3.05) is 12.3 Å². The molecule has 0 aromatic heterocycles. The zero-order valence-corrected chi connectivity index (χ0v) is 14.0. The van der Waals surface area contributed by atoms with Crippen LogP contribution in [-0.2, 0) is 10.0 Å². The number of hydrogen-bond donors (Lipinski definition) is 0. The van der Waals surface area contributed by atoms with Gasteiger partial charge in [-0.05, 0) is 24.1 Å². The molecule has 0 bridgehead atoms. The van der Waals surface area contributed by atoms with E-state index in [-0.39, 0.29) is 6.04 Å². The smallest absolute Gasteiger partial charge is 0.212 e. The number of hydrogen-bond acceptors (Lipinski definition) is 2. The topological polar surface area (TPSA) is 37.1 Å². The molecule has 0 aliphatic carbocycles. The highest BCUT2D eigenvalue weighted by Gasteiger charge is 2.45. The van der Waals surface area contributed by atoms with E-state index in [9.17, 15) is 8.42 Å². The third kappa shape index (κ3) is 3.67. The van der Waals surface area contributed by atoms with E-state index in [1.54, 1.807) is 4.31 Å². The molecular weight excluding hydrogens is 274 g/mol. The van der Waals surface area contributed by atoms with Gasteiger partial charge in [0.15, 0.2) is 0 Å². The molecule has 0 N–H and O–H groups in total. The summed E-state index contributed by atoms with van der Waals surface area (Å²) in [5.41, 5.74) is 2.33. The van der Waals surface area contributed by atoms with Crippen molar-refractivity contribution in [2.24, 2.45) is 0 Å². The Bertz CT molecular complexity index is 563. The molecule has 1 unspecified atom stereocenters. The second kappa shape index (κ2) is 5.03. The van der Waals surface area contributed by atoms with Crippen LogP contribution in [-0.4, -0.2) is 33.1 Å². The highest BCUT2D eigenvalue weighted by Crippen LogP contribution is 2.39. The molecule has 106 valence electrons. The van der Waals surface area contributed by atoms with Crippen molar-refractivity contribution in [3.8, 4) is 0 Å². The summed E-state index contributed by atoms with van der Waals surface area (Å²) in [7, 11) is -4.37. The largest absolute Gasteiger partial charge is 0.214 e. The average Bonchev–Trinajstić information content (AvgIpc) is 3.07. The van der Waals surface area contributed by atoms with Crippen molar-refractivity contribution in [1.29, 1.82) is 0 Å². The van der Waals surface area contributed by atoms with E-state index < -0.39 is 18.1 Å². The van der Waals surface area contributed by atoms with Crippen molar-refractivity contribution < 1.29 is 8.42 Å². The predicted octanol–water partition coefficient (Wildman–Crippen LogP) is 3.02. The lowest BCUT2D eigenvalue weighted by Crippen LogP contribution is -2.26. The molecule has 2 rings (SSSR count). The van der Waals surface area contributed by atoms with Crippen LogP contribution in [0.3, 0.4) is 0 Å². The highest BCUT2D eigenvalue weighted by atomic mass is 32.2. The first-order valence-electron chi connectivity index (χ1n) is 6.76. The van der Waals surface area contributed by atoms with Crippen LogP contribution in [0.15, 0.2) is 24.3 Å². The Balaban J connectivity index is 2.04. The lowest BCUT2D eigenvalue weighted by Gasteiger charge is -2.16. The summed E-state index contributed by atoms with van der Waals surface area (Å²) in [6, 6.07) is 8.97. The van der Waals surface area contributed by atoms with Crippen molar-refractivity contribution in [3.63, 3.8) is 0 Å². The molecule has 1 heterocycles. The zero-order valence-electron chi connectivity index (χ0n) is 12.2. The van der Waals surface area contributed by atoms with Gasteiger partial charge in [0, 0.05) is 14.6 Å². The van der Waals surface area contributed by atoms with Gasteiger partial charge in [-0.2, -0.15) is 4.31 Å². The molecule has 1 aliphatic heterocycles. The molecule has 0 spiro atoms. The maximum absolute atomic E-state index is 12.3. The van der Waals surface area contributed by atoms with Gasteiger partial charge in [0.05, 0.1) is 11.8 Å². The van der Waals surface area contributed by atoms with E-state index in [4.69, 9.17) is 0 Å². The Hall–Kier alpha value is -0.653. The Morgan fingerprint density at radius 1 is 1.26 bits per heavy atom. The third-order valence-electron chi connectivity index (χ3n) is 3.58. The summed E-state index contributed by atoms with van der Waals surface area (Å²) in [4.78, 5) is 0. The van der Waals surface area contributed by atoms with Crippen molar-refractivity contribution in [1.82, 2.24) is 4.31 Å². The van der Waals surface area contributed by atoms with Crippen LogP contribution in [0, 0.1) is 6.92 Å². The maximum Gasteiger partial charge on any atom is 0.214 e. The highest BCUT2D eigenvalue weighted by molar-refractivity contribution is 7.89. The van der Waals surface area contributed by atoms with Gasteiger partial charge in [-0.25, -0.2) is 8.42 Å². The minimum atomic E-state index is -3.07. The monoisotopic (exact) mass is 297 g/mol. The number of nitrogens with zero attached hydrogens (tertiary/aromatic N) is 1. The average molecular weight is 297 g/mol. The van der Waals surface area contributed by atoms with Gasteiger partial charge < -0.3 is 0 Å². The van der Waals surface area contributed by atoms with Gasteiger partial charge in [0.1, 0.15) is 0 Å². The third-order valence-corrected chi connectivity index (χ3v) is 7.53. The Morgan fingerprint density at radius 3 is 2.47 bits per heavy atom. The molecule has 1 aromatic rings. The molecule has 3 nitrogen and oxygen atoms in total. The predicted molar refractivity (Wildman–Crippen MR) is 82.6 cm³/mol. The van der Waals surface area contributed by atoms with Crippen molar-refractivity contribution in [2.45, 2.75) is 38.7 Å². The van der Waals surface area contributed by atoms with Gasteiger partial charge in [-0.1, -0.05) is 43.9 Å². The molecule has 0 saturated carbocycles. The minimum absolute atomic E-state index is 0.0767. The van der Waals surface area contributed by atoms with E-state index in [0.29, 0.717) is 12.3 Å². The Labute approximate surface area is 117 Å². The van der Waals surface area contributed by atoms with E-state index >= 15 is 0 Å². The summed E-state index contributed by atoms with van der Waals surface area (Å²) < 4.78 is 26.2. The fraction of sp³-hybridized carbons (Fsp3) is 0.571. The lowest BCUT2D eigenvalue weighted by molar-refractivity contribution is 0.555. The van der Waals surface area contributed by atoms with Crippen LogP contribution in [0.25, 0.3) is 0 Å². The lowest BCUT2D eigenvalue weighted by atomic mass is 10.1. The van der Waals surface area contributed by atoms with Crippen molar-refractivity contribution >= 4 is 18.1 Å². The molecule has 1 saturated heterocycles. The van der Waals surface area contributed by atoms with Crippen LogP contribution in [0.4, 0.5) is 0 Å². The molecule has 19 heavy (non-hydrogen) atoms. The zero-order chi connectivity index (χ0) is 14.3. The quantitative estimate of drug-likeness (QED) is 0.619. The van der Waals surface area contributed by atoms with E-state index in [0.717, 1.165) is 11.6 Å². The number of sulfonamides is 1. The van der Waals surface area contributed by atoms with E-state index in [1.165, 1.54) is 5.56 Å². The SMILES string of the molecule is Cc1ccccc1[C@@H]1CN1S(=O)(=O)CC[Si](C)(C)C. The second-order valence-corrected chi connectivity index (χ2v) is 14.2. The van der Waals surface area contributed by atoms with Crippen LogP contribution in [0.2, 0.25) is 25.7 Å². The summed E-state index contributed by atoms with van der Waals surface area (Å²) >= 11 is 0. The molecule has 5 heteroatoms. The Kier molecular flexibility index (Phi) is 3.91. The van der Waals surface area contributed by atoms with Gasteiger partial charge in [0.2, 0.25) is 10.0 Å². The molecule has 0 amide bonds. The molecule has 0 radical (unpaired) electrons. The van der Waals surface area contributed by atoms with Gasteiger partial charge in [-0.3, -0.25) is 0 Å². The summed E-state index contributed by atoms with van der Waals surface area (Å²) in [5, 5.41) is 0. The molecular formula is C14H23NO2SSi. The van der Waals surface area contributed by atoms with E-state index in [1.807, 2.05) is 31.2 Å². The standard InChI is InChI=1S/C14H23NO2SSi/c1-12-7-5-6-8-13(12)14-11-15(14)18(16,17)9-10-19(2,3)4/h5-8,14H,9-11H2,1-4H3/t14-,15?/m0/s1. The van der Waals surface area contributed by atoms with Crippen LogP contribution >= 0.6 is 0 Å². The second-order valence-electron chi connectivity index (χ2n) is 6.57. The summed E-state index contributed by atoms with van der Waals surface area (Å²) in [6.45, 7) is 9.33. The van der Waals surface area contributed by atoms with Gasteiger partial charge in [0.25, 0.3) is 0 Å². The summed E-state index contributed by atoms with van der Waals surface area (Å²) in [6.07, 6.45) is 0. The van der Waals surface area contributed by atoms with Gasteiger partial charge >= 0.3 is 0 Å². The molecule has 1 fully saturated rings. The first-order valence-corrected chi connectivity index (χ1v) is 12.1. The fourth-order valence-electron chi connectivity index (χ4n) is 2.20. The first-order chi connectivity index (χ1) is 8.71. The van der Waals surface area contributed by atoms with Crippen molar-refractivity contribution in [3.05, 3.63) is 35.4 Å². The molecule has 1 aliphatic rings. The van der Waals surface area contributed by atoms with Crippen LogP contribution < -0.4 is 0 Å². The summed E-state index contributed by atoms with van der Waals surface area (Å²) in [5.74, 6) is 0.311. The van der Waals surface area contributed by atoms with Crippen LogP contribution in [0.1, 0.15) is 17.2 Å². The maximum atomic E-state index is 12.3. The first kappa shape index (κ1) is 14.7.